The fraction of sp³-hybridized carbons (Fsp3) is 0.600. The molecule has 0 fully saturated rings. The van der Waals surface area contributed by atoms with Gasteiger partial charge in [-0.05, 0) is 12.5 Å². The van der Waals surface area contributed by atoms with Crippen molar-refractivity contribution in [3.63, 3.8) is 0 Å². The number of aryl methyl sites for hydroxylation is 1. The van der Waals surface area contributed by atoms with Gasteiger partial charge in [-0.15, -0.1) is 0 Å². The highest BCUT2D eigenvalue weighted by Gasteiger charge is 2.13. The Hall–Kier alpha value is -1.64. The lowest BCUT2D eigenvalue weighted by Crippen LogP contribution is -2.41. The number of ether oxygens (including phenoxy) is 1. The maximum absolute atomic E-state index is 11.9. The third kappa shape index (κ3) is 8.53. The first kappa shape index (κ1) is 19.4. The van der Waals surface area contributed by atoms with Gasteiger partial charge in [0.2, 0.25) is 6.54 Å². The van der Waals surface area contributed by atoms with Crippen LogP contribution in [0, 0.1) is 6.92 Å². The highest BCUT2D eigenvalue weighted by molar-refractivity contribution is 5.67. The lowest BCUT2D eigenvalue weighted by Gasteiger charge is -2.05. The molecule has 0 unspecified atom stereocenters. The SMILES string of the molecule is C=Cc1ccc(C)[n+](CC(=O)OCCCCCCCCCC)c1. The summed E-state index contributed by atoms with van der Waals surface area (Å²) in [5, 5.41) is 0. The third-order valence-corrected chi connectivity index (χ3v) is 4.07. The zero-order chi connectivity index (χ0) is 16.9. The molecule has 0 aliphatic heterocycles. The third-order valence-electron chi connectivity index (χ3n) is 4.07. The molecule has 1 heterocycles. The summed E-state index contributed by atoms with van der Waals surface area (Å²) in [4.78, 5) is 11.9. The van der Waals surface area contributed by atoms with E-state index >= 15 is 0 Å². The molecule has 3 heteroatoms. The van der Waals surface area contributed by atoms with Crippen LogP contribution in [0.15, 0.2) is 24.9 Å². The molecule has 1 aromatic rings. The van der Waals surface area contributed by atoms with Crippen LogP contribution in [0.4, 0.5) is 0 Å². The van der Waals surface area contributed by atoms with Crippen LogP contribution in [-0.4, -0.2) is 12.6 Å². The lowest BCUT2D eigenvalue weighted by atomic mass is 10.1. The van der Waals surface area contributed by atoms with E-state index < -0.39 is 0 Å². The molecule has 23 heavy (non-hydrogen) atoms. The van der Waals surface area contributed by atoms with Crippen molar-refractivity contribution in [3.8, 4) is 0 Å². The van der Waals surface area contributed by atoms with E-state index in [-0.39, 0.29) is 12.5 Å². The maximum Gasteiger partial charge on any atom is 0.372 e. The number of nitrogens with zero attached hydrogens (tertiary/aromatic N) is 1. The summed E-state index contributed by atoms with van der Waals surface area (Å²) in [5.74, 6) is -0.165. The Bertz CT molecular complexity index is 483. The largest absolute Gasteiger partial charge is 0.461 e. The highest BCUT2D eigenvalue weighted by Crippen LogP contribution is 2.08. The first-order valence-corrected chi connectivity index (χ1v) is 8.95. The molecule has 128 valence electrons. The summed E-state index contributed by atoms with van der Waals surface area (Å²) < 4.78 is 7.24. The number of hydrogen-bond donors (Lipinski definition) is 0. The summed E-state index contributed by atoms with van der Waals surface area (Å²) >= 11 is 0. The van der Waals surface area contributed by atoms with Crippen molar-refractivity contribution in [2.24, 2.45) is 0 Å². The van der Waals surface area contributed by atoms with Crippen molar-refractivity contribution in [1.29, 1.82) is 0 Å². The topological polar surface area (TPSA) is 30.2 Å². The molecule has 0 N–H and O–H groups in total. The van der Waals surface area contributed by atoms with Gasteiger partial charge in [0.15, 0.2) is 11.9 Å². The van der Waals surface area contributed by atoms with Crippen LogP contribution in [0.2, 0.25) is 0 Å². The molecule has 0 spiro atoms. The predicted molar refractivity (Wildman–Crippen MR) is 95.0 cm³/mol. The Morgan fingerprint density at radius 2 is 1.78 bits per heavy atom. The molecule has 1 aromatic heterocycles. The second-order valence-corrected chi connectivity index (χ2v) is 6.13. The first-order valence-electron chi connectivity index (χ1n) is 8.95. The minimum Gasteiger partial charge on any atom is -0.461 e. The molecule has 0 amide bonds. The quantitative estimate of drug-likeness (QED) is 0.320. The number of pyridine rings is 1. The minimum atomic E-state index is -0.165. The van der Waals surface area contributed by atoms with Gasteiger partial charge in [0, 0.05) is 18.6 Å². The average Bonchev–Trinajstić information content (AvgIpc) is 2.55. The van der Waals surface area contributed by atoms with Crippen LogP contribution in [-0.2, 0) is 16.1 Å². The predicted octanol–water partition coefficient (Wildman–Crippen LogP) is 4.61. The standard InChI is InChI=1S/C20H32NO2/c1-4-6-7-8-9-10-11-12-15-23-20(22)17-21-16-19(5-2)14-13-18(21)3/h5,13-14,16H,2,4,6-12,15,17H2,1,3H3/q+1. The van der Waals surface area contributed by atoms with E-state index in [0.29, 0.717) is 6.61 Å². The number of aromatic nitrogens is 1. The number of hydrogen-bond acceptors (Lipinski definition) is 2. The monoisotopic (exact) mass is 318 g/mol. The van der Waals surface area contributed by atoms with E-state index in [1.165, 1.54) is 38.5 Å². The van der Waals surface area contributed by atoms with E-state index in [9.17, 15) is 4.79 Å². The fourth-order valence-corrected chi connectivity index (χ4v) is 2.54. The molecule has 0 aliphatic carbocycles. The number of carbonyl (C=O) groups excluding carboxylic acids is 1. The molecule has 0 atom stereocenters. The molecule has 0 aliphatic rings. The summed E-state index contributed by atoms with van der Waals surface area (Å²) in [7, 11) is 0. The molecule has 0 aromatic carbocycles. The van der Waals surface area contributed by atoms with E-state index in [1.807, 2.05) is 29.8 Å². The molecule has 0 saturated heterocycles. The van der Waals surface area contributed by atoms with Gasteiger partial charge in [-0.3, -0.25) is 0 Å². The fourth-order valence-electron chi connectivity index (χ4n) is 2.54. The Morgan fingerprint density at radius 3 is 2.43 bits per heavy atom. The molecule has 0 bridgehead atoms. The molecule has 0 saturated carbocycles. The van der Waals surface area contributed by atoms with Crippen LogP contribution in [0.3, 0.4) is 0 Å². The summed E-state index contributed by atoms with van der Waals surface area (Å²) in [6, 6.07) is 3.98. The van der Waals surface area contributed by atoms with E-state index in [0.717, 1.165) is 24.1 Å². The molecular weight excluding hydrogens is 286 g/mol. The van der Waals surface area contributed by atoms with E-state index in [4.69, 9.17) is 4.74 Å². The van der Waals surface area contributed by atoms with Crippen LogP contribution in [0.5, 0.6) is 0 Å². The van der Waals surface area contributed by atoms with Crippen LogP contribution in [0.25, 0.3) is 6.08 Å². The minimum absolute atomic E-state index is 0.165. The second kappa shape index (κ2) is 11.9. The van der Waals surface area contributed by atoms with Crippen molar-refractivity contribution in [1.82, 2.24) is 0 Å². The van der Waals surface area contributed by atoms with Gasteiger partial charge >= 0.3 is 5.97 Å². The average molecular weight is 318 g/mol. The summed E-state index contributed by atoms with van der Waals surface area (Å²) in [6.07, 6.45) is 13.7. The molecule has 0 radical (unpaired) electrons. The van der Waals surface area contributed by atoms with Crippen LogP contribution in [0.1, 0.15) is 69.5 Å². The van der Waals surface area contributed by atoms with Crippen molar-refractivity contribution in [3.05, 3.63) is 36.2 Å². The number of unbranched alkanes of at least 4 members (excludes halogenated alkanes) is 7. The Labute approximate surface area is 141 Å². The maximum atomic E-state index is 11.9. The van der Waals surface area contributed by atoms with Gasteiger partial charge in [-0.1, -0.05) is 64.5 Å². The normalized spacial score (nSPS) is 10.5. The summed E-state index contributed by atoms with van der Waals surface area (Å²) in [5.41, 5.74) is 2.05. The molecule has 1 rings (SSSR count). The number of rotatable bonds is 12. The van der Waals surface area contributed by atoms with Gasteiger partial charge in [0.1, 0.15) is 0 Å². The van der Waals surface area contributed by atoms with Crippen molar-refractivity contribution in [2.75, 3.05) is 6.61 Å². The van der Waals surface area contributed by atoms with Crippen molar-refractivity contribution < 1.29 is 14.1 Å². The van der Waals surface area contributed by atoms with Gasteiger partial charge in [-0.25, -0.2) is 4.79 Å². The smallest absolute Gasteiger partial charge is 0.372 e. The Balaban J connectivity index is 2.14. The molecule has 3 nitrogen and oxygen atoms in total. The highest BCUT2D eigenvalue weighted by atomic mass is 16.5. The van der Waals surface area contributed by atoms with Gasteiger partial charge in [-0.2, -0.15) is 4.57 Å². The molecular formula is C20H32NO2+. The van der Waals surface area contributed by atoms with E-state index in [1.54, 1.807) is 6.08 Å². The zero-order valence-electron chi connectivity index (χ0n) is 14.9. The lowest BCUT2D eigenvalue weighted by molar-refractivity contribution is -0.692. The number of esters is 1. The number of carbonyl (C=O) groups is 1. The Kier molecular flexibility index (Phi) is 10.0. The van der Waals surface area contributed by atoms with Crippen molar-refractivity contribution in [2.45, 2.75) is 71.8 Å². The first-order chi connectivity index (χ1) is 11.2. The van der Waals surface area contributed by atoms with Gasteiger partial charge in [0.05, 0.1) is 6.61 Å². The summed E-state index contributed by atoms with van der Waals surface area (Å²) in [6.45, 7) is 8.78. The van der Waals surface area contributed by atoms with Gasteiger partial charge < -0.3 is 4.74 Å². The van der Waals surface area contributed by atoms with Crippen LogP contribution >= 0.6 is 0 Å². The second-order valence-electron chi connectivity index (χ2n) is 6.13. The van der Waals surface area contributed by atoms with E-state index in [2.05, 4.69) is 13.5 Å². The van der Waals surface area contributed by atoms with Gasteiger partial charge in [0.25, 0.3) is 0 Å². The zero-order valence-corrected chi connectivity index (χ0v) is 14.9. The Morgan fingerprint density at radius 1 is 1.13 bits per heavy atom. The van der Waals surface area contributed by atoms with Crippen LogP contribution < -0.4 is 4.57 Å². The van der Waals surface area contributed by atoms with Crippen molar-refractivity contribution >= 4 is 12.0 Å².